The molecule has 5 nitrogen and oxygen atoms in total. The van der Waals surface area contributed by atoms with Crippen molar-refractivity contribution in [3.05, 3.63) is 18.2 Å². The van der Waals surface area contributed by atoms with E-state index in [9.17, 15) is 4.79 Å². The molecule has 0 aromatic heterocycles. The molecule has 1 aliphatic heterocycles. The molecule has 1 amide bonds. The number of carbonyl (C=O) groups is 1. The van der Waals surface area contributed by atoms with Crippen molar-refractivity contribution in [1.29, 1.82) is 0 Å². The molecule has 0 saturated carbocycles. The van der Waals surface area contributed by atoms with E-state index in [0.717, 1.165) is 17.9 Å². The summed E-state index contributed by atoms with van der Waals surface area (Å²) < 4.78 is 10.6. The zero-order chi connectivity index (χ0) is 16.2. The maximum absolute atomic E-state index is 11.9. The number of anilines is 2. The molecule has 0 radical (unpaired) electrons. The van der Waals surface area contributed by atoms with E-state index in [4.69, 9.17) is 9.47 Å². The number of thioether (sulfide) groups is 1. The summed E-state index contributed by atoms with van der Waals surface area (Å²) in [6, 6.07) is 6.16. The summed E-state index contributed by atoms with van der Waals surface area (Å²) in [6.07, 6.45) is 0.672. The van der Waals surface area contributed by atoms with Crippen LogP contribution < -0.4 is 15.4 Å². The molecule has 0 bridgehead atoms. The Morgan fingerprint density at radius 2 is 2.14 bits per heavy atom. The van der Waals surface area contributed by atoms with Crippen molar-refractivity contribution in [2.24, 2.45) is 0 Å². The van der Waals surface area contributed by atoms with Crippen LogP contribution in [-0.2, 0) is 4.74 Å². The standard InChI is InChI=1S/C16H24N2O3S/c1-16(2,3)21-15(19)18-13-9-11(5-6-14(13)20-4)17-12-7-8-22-10-12/h5-6,9,12,17H,7-8,10H2,1-4H3,(H,18,19). The third-order valence-corrected chi connectivity index (χ3v) is 4.30. The number of rotatable bonds is 4. The van der Waals surface area contributed by atoms with Gasteiger partial charge in [-0.1, -0.05) is 0 Å². The second-order valence-corrected chi connectivity index (χ2v) is 7.40. The maximum atomic E-state index is 11.9. The second-order valence-electron chi connectivity index (χ2n) is 6.25. The van der Waals surface area contributed by atoms with Gasteiger partial charge in [0.15, 0.2) is 0 Å². The van der Waals surface area contributed by atoms with E-state index in [-0.39, 0.29) is 0 Å². The minimum absolute atomic E-state index is 0.479. The van der Waals surface area contributed by atoms with Crippen molar-refractivity contribution in [3.8, 4) is 5.75 Å². The molecule has 1 aliphatic rings. The van der Waals surface area contributed by atoms with E-state index >= 15 is 0 Å². The molecule has 22 heavy (non-hydrogen) atoms. The summed E-state index contributed by atoms with van der Waals surface area (Å²) in [5.74, 6) is 2.91. The fourth-order valence-corrected chi connectivity index (χ4v) is 3.35. The number of ether oxygens (including phenoxy) is 2. The van der Waals surface area contributed by atoms with Crippen LogP contribution >= 0.6 is 11.8 Å². The number of nitrogens with one attached hydrogen (secondary N) is 2. The smallest absolute Gasteiger partial charge is 0.412 e. The monoisotopic (exact) mass is 324 g/mol. The molecule has 1 saturated heterocycles. The second kappa shape index (κ2) is 7.13. The molecule has 1 aromatic rings. The molecule has 1 fully saturated rings. The molecular formula is C16H24N2O3S. The molecule has 1 heterocycles. The highest BCUT2D eigenvalue weighted by molar-refractivity contribution is 7.99. The summed E-state index contributed by atoms with van der Waals surface area (Å²) in [5.41, 5.74) is 1.04. The Balaban J connectivity index is 2.08. The Labute approximate surface area is 136 Å². The maximum Gasteiger partial charge on any atom is 0.412 e. The quantitative estimate of drug-likeness (QED) is 0.878. The molecule has 6 heteroatoms. The first-order valence-corrected chi connectivity index (χ1v) is 8.55. The van der Waals surface area contributed by atoms with E-state index < -0.39 is 11.7 Å². The largest absolute Gasteiger partial charge is 0.495 e. The van der Waals surface area contributed by atoms with Crippen LogP contribution in [0.3, 0.4) is 0 Å². The summed E-state index contributed by atoms with van der Waals surface area (Å²) in [5, 5.41) is 6.24. The normalized spacial score (nSPS) is 17.9. The van der Waals surface area contributed by atoms with E-state index in [2.05, 4.69) is 10.6 Å². The number of benzene rings is 1. The zero-order valence-electron chi connectivity index (χ0n) is 13.6. The third kappa shape index (κ3) is 5.02. The molecule has 0 aliphatic carbocycles. The summed E-state index contributed by atoms with van der Waals surface area (Å²) >= 11 is 1.95. The van der Waals surface area contributed by atoms with Gasteiger partial charge in [0, 0.05) is 17.5 Å². The minimum Gasteiger partial charge on any atom is -0.495 e. The lowest BCUT2D eigenvalue weighted by Crippen LogP contribution is -2.27. The first-order valence-electron chi connectivity index (χ1n) is 7.40. The topological polar surface area (TPSA) is 59.6 Å². The Bertz CT molecular complexity index is 523. The summed E-state index contributed by atoms with van der Waals surface area (Å²) in [4.78, 5) is 11.9. The van der Waals surface area contributed by atoms with Crippen LogP contribution in [0.15, 0.2) is 18.2 Å². The van der Waals surface area contributed by atoms with Crippen LogP contribution in [0.5, 0.6) is 5.75 Å². The highest BCUT2D eigenvalue weighted by atomic mass is 32.2. The molecule has 1 aromatic carbocycles. The van der Waals surface area contributed by atoms with Crippen LogP contribution in [0.1, 0.15) is 27.2 Å². The van der Waals surface area contributed by atoms with Gasteiger partial charge in [0.05, 0.1) is 12.8 Å². The van der Waals surface area contributed by atoms with E-state index in [1.807, 2.05) is 50.7 Å². The van der Waals surface area contributed by atoms with Gasteiger partial charge in [0.25, 0.3) is 0 Å². The SMILES string of the molecule is COc1ccc(NC2CCSC2)cc1NC(=O)OC(C)(C)C. The number of hydrogen-bond donors (Lipinski definition) is 2. The average molecular weight is 324 g/mol. The van der Waals surface area contributed by atoms with Gasteiger partial charge < -0.3 is 14.8 Å². The van der Waals surface area contributed by atoms with Crippen molar-refractivity contribution in [1.82, 2.24) is 0 Å². The average Bonchev–Trinajstić information content (AvgIpc) is 2.89. The molecular weight excluding hydrogens is 300 g/mol. The van der Waals surface area contributed by atoms with Crippen molar-refractivity contribution < 1.29 is 14.3 Å². The lowest BCUT2D eigenvalue weighted by atomic mass is 10.2. The van der Waals surface area contributed by atoms with Crippen LogP contribution in [-0.4, -0.2) is 36.4 Å². The van der Waals surface area contributed by atoms with Gasteiger partial charge in [-0.3, -0.25) is 5.32 Å². The number of carbonyl (C=O) groups excluding carboxylic acids is 1. The van der Waals surface area contributed by atoms with Crippen molar-refractivity contribution >= 4 is 29.2 Å². The molecule has 1 atom stereocenters. The number of hydrogen-bond acceptors (Lipinski definition) is 5. The lowest BCUT2D eigenvalue weighted by molar-refractivity contribution is 0.0635. The van der Waals surface area contributed by atoms with Gasteiger partial charge in [-0.15, -0.1) is 0 Å². The predicted molar refractivity (Wildman–Crippen MR) is 92.2 cm³/mol. The Morgan fingerprint density at radius 1 is 1.36 bits per heavy atom. The summed E-state index contributed by atoms with van der Waals surface area (Å²) in [6.45, 7) is 5.50. The van der Waals surface area contributed by atoms with E-state index in [1.54, 1.807) is 7.11 Å². The van der Waals surface area contributed by atoms with Crippen molar-refractivity contribution in [3.63, 3.8) is 0 Å². The van der Waals surface area contributed by atoms with Crippen molar-refractivity contribution in [2.45, 2.75) is 38.8 Å². The van der Waals surface area contributed by atoms with Crippen LogP contribution in [0.4, 0.5) is 16.2 Å². The molecule has 2 rings (SSSR count). The minimum atomic E-state index is -0.533. The Morgan fingerprint density at radius 3 is 2.73 bits per heavy atom. The fraction of sp³-hybridized carbons (Fsp3) is 0.562. The van der Waals surface area contributed by atoms with Crippen LogP contribution in [0.25, 0.3) is 0 Å². The van der Waals surface area contributed by atoms with Gasteiger partial charge >= 0.3 is 6.09 Å². The first-order chi connectivity index (χ1) is 10.4. The van der Waals surface area contributed by atoms with Crippen LogP contribution in [0, 0.1) is 0 Å². The predicted octanol–water partition coefficient (Wildman–Crippen LogP) is 3.96. The van der Waals surface area contributed by atoms with Crippen LogP contribution in [0.2, 0.25) is 0 Å². The highest BCUT2D eigenvalue weighted by Gasteiger charge is 2.19. The van der Waals surface area contributed by atoms with Gasteiger partial charge in [0.1, 0.15) is 11.4 Å². The summed E-state index contributed by atoms with van der Waals surface area (Å²) in [7, 11) is 1.58. The molecule has 1 unspecified atom stereocenters. The Hall–Kier alpha value is -1.56. The van der Waals surface area contributed by atoms with Gasteiger partial charge in [-0.2, -0.15) is 11.8 Å². The van der Waals surface area contributed by atoms with Gasteiger partial charge in [0.2, 0.25) is 0 Å². The zero-order valence-corrected chi connectivity index (χ0v) is 14.4. The van der Waals surface area contributed by atoms with E-state index in [1.165, 1.54) is 5.75 Å². The van der Waals surface area contributed by atoms with Gasteiger partial charge in [-0.25, -0.2) is 4.79 Å². The molecule has 2 N–H and O–H groups in total. The molecule has 0 spiro atoms. The van der Waals surface area contributed by atoms with E-state index in [0.29, 0.717) is 17.5 Å². The highest BCUT2D eigenvalue weighted by Crippen LogP contribution is 2.30. The number of amides is 1. The van der Waals surface area contributed by atoms with Crippen molar-refractivity contribution in [2.75, 3.05) is 29.2 Å². The third-order valence-electron chi connectivity index (χ3n) is 3.14. The first kappa shape index (κ1) is 16.8. The Kier molecular flexibility index (Phi) is 5.45. The lowest BCUT2D eigenvalue weighted by Gasteiger charge is -2.21. The number of methoxy groups -OCH3 is 1. The van der Waals surface area contributed by atoms with Gasteiger partial charge in [-0.05, 0) is 51.1 Å². The fourth-order valence-electron chi connectivity index (χ4n) is 2.19. The molecule has 122 valence electrons.